The first-order chi connectivity index (χ1) is 13.7. The van der Waals surface area contributed by atoms with Gasteiger partial charge in [-0.15, -0.1) is 0 Å². The van der Waals surface area contributed by atoms with Gasteiger partial charge in [-0.05, 0) is 36.8 Å². The Morgan fingerprint density at radius 1 is 1.00 bits per heavy atom. The first kappa shape index (κ1) is 21.7. The number of rotatable bonds is 7. The van der Waals surface area contributed by atoms with Crippen molar-refractivity contribution >= 4 is 17.6 Å². The van der Waals surface area contributed by atoms with E-state index in [9.17, 15) is 22.8 Å². The number of ether oxygens (including phenoxy) is 1. The lowest BCUT2D eigenvalue weighted by molar-refractivity contribution is -0.137. The summed E-state index contributed by atoms with van der Waals surface area (Å²) in [6, 6.07) is 8.39. The van der Waals surface area contributed by atoms with Gasteiger partial charge in [-0.25, -0.2) is 18.0 Å². The highest BCUT2D eigenvalue weighted by Gasteiger charge is 2.22. The number of amidine groups is 1. The molecule has 0 aliphatic carbocycles. The number of nitrogens with zero attached hydrogens (tertiary/aromatic N) is 1. The van der Waals surface area contributed by atoms with Crippen LogP contribution in [0.4, 0.5) is 13.2 Å². The van der Waals surface area contributed by atoms with Gasteiger partial charge < -0.3 is 16.2 Å². The summed E-state index contributed by atoms with van der Waals surface area (Å²) in [5.74, 6) is -4.96. The Hall–Kier alpha value is -3.62. The normalized spacial score (nSPS) is 12.3. The number of hydrogen-bond acceptors (Lipinski definition) is 5. The second-order valence-electron chi connectivity index (χ2n) is 5.98. The van der Waals surface area contributed by atoms with E-state index in [1.54, 1.807) is 0 Å². The molecule has 0 saturated carbocycles. The fourth-order valence-electron chi connectivity index (χ4n) is 2.35. The maximum absolute atomic E-state index is 13.6. The van der Waals surface area contributed by atoms with Gasteiger partial charge in [0.2, 0.25) is 5.78 Å². The summed E-state index contributed by atoms with van der Waals surface area (Å²) in [5, 5.41) is 0. The molecule has 0 unspecified atom stereocenters. The van der Waals surface area contributed by atoms with Crippen LogP contribution in [0.5, 0.6) is 0 Å². The molecule has 29 heavy (non-hydrogen) atoms. The topological polar surface area (TPSA) is 108 Å². The van der Waals surface area contributed by atoms with E-state index in [0.29, 0.717) is 5.56 Å². The van der Waals surface area contributed by atoms with E-state index in [4.69, 9.17) is 16.2 Å². The Balaban J connectivity index is 2.09. The summed E-state index contributed by atoms with van der Waals surface area (Å²) >= 11 is 0. The van der Waals surface area contributed by atoms with Gasteiger partial charge in [0, 0.05) is 5.70 Å². The van der Waals surface area contributed by atoms with Gasteiger partial charge in [0.25, 0.3) is 0 Å². The predicted octanol–water partition coefficient (Wildman–Crippen LogP) is 2.62. The van der Waals surface area contributed by atoms with Crippen LogP contribution in [0.25, 0.3) is 0 Å². The van der Waals surface area contributed by atoms with Crippen LogP contribution in [-0.4, -0.2) is 24.2 Å². The molecule has 152 valence electrons. The Labute approximate surface area is 164 Å². The van der Waals surface area contributed by atoms with E-state index < -0.39 is 41.4 Å². The SMILES string of the molecule is C/C(N)=C(\C(=O)OCC(=O)c1c(F)cccc1F)C(N)=NCc1ccc(F)cc1. The van der Waals surface area contributed by atoms with Crippen molar-refractivity contribution in [3.63, 3.8) is 0 Å². The van der Waals surface area contributed by atoms with E-state index in [-0.39, 0.29) is 23.7 Å². The molecule has 4 N–H and O–H groups in total. The molecule has 2 aromatic rings. The molecular weight excluding hydrogens is 387 g/mol. The van der Waals surface area contributed by atoms with E-state index in [1.165, 1.54) is 31.2 Å². The average molecular weight is 405 g/mol. The largest absolute Gasteiger partial charge is 0.454 e. The molecule has 6 nitrogen and oxygen atoms in total. The third kappa shape index (κ3) is 5.68. The second kappa shape index (κ2) is 9.54. The number of aliphatic imine (C=N–C) groups is 1. The number of esters is 1. The number of hydrogen-bond donors (Lipinski definition) is 2. The molecule has 0 aliphatic heterocycles. The fraction of sp³-hybridized carbons (Fsp3) is 0.150. The zero-order valence-electron chi connectivity index (χ0n) is 15.4. The van der Waals surface area contributed by atoms with Crippen LogP contribution in [0.15, 0.2) is 58.7 Å². The van der Waals surface area contributed by atoms with Crippen molar-refractivity contribution in [1.29, 1.82) is 0 Å². The lowest BCUT2D eigenvalue weighted by atomic mass is 10.1. The van der Waals surface area contributed by atoms with Gasteiger partial charge in [-0.1, -0.05) is 18.2 Å². The maximum Gasteiger partial charge on any atom is 0.344 e. The molecule has 0 spiro atoms. The first-order valence-corrected chi connectivity index (χ1v) is 8.36. The van der Waals surface area contributed by atoms with Crippen molar-refractivity contribution in [3.8, 4) is 0 Å². The average Bonchev–Trinajstić information content (AvgIpc) is 2.65. The number of allylic oxidation sites excluding steroid dienone is 1. The minimum Gasteiger partial charge on any atom is -0.454 e. The molecule has 0 bridgehead atoms. The molecule has 0 heterocycles. The molecule has 0 atom stereocenters. The first-order valence-electron chi connectivity index (χ1n) is 8.36. The van der Waals surface area contributed by atoms with Gasteiger partial charge in [0.1, 0.15) is 28.9 Å². The van der Waals surface area contributed by atoms with E-state index >= 15 is 0 Å². The zero-order valence-corrected chi connectivity index (χ0v) is 15.4. The third-order valence-corrected chi connectivity index (χ3v) is 3.78. The quantitative estimate of drug-likeness (QED) is 0.242. The Bertz CT molecular complexity index is 962. The standard InChI is InChI=1S/C20H18F3N3O3/c1-11(24)17(19(25)26-9-12-5-7-13(21)8-6-12)20(28)29-10-16(27)18-14(22)3-2-4-15(18)23/h2-8H,9-10,24H2,1H3,(H2,25,26)/b17-11+. The lowest BCUT2D eigenvalue weighted by Gasteiger charge is -2.10. The summed E-state index contributed by atoms with van der Waals surface area (Å²) in [7, 11) is 0. The molecular formula is C20H18F3N3O3. The lowest BCUT2D eigenvalue weighted by Crippen LogP contribution is -2.28. The van der Waals surface area contributed by atoms with Crippen LogP contribution in [0.1, 0.15) is 22.8 Å². The smallest absolute Gasteiger partial charge is 0.344 e. The Morgan fingerprint density at radius 2 is 1.59 bits per heavy atom. The Morgan fingerprint density at radius 3 is 2.14 bits per heavy atom. The molecule has 0 aromatic heterocycles. The number of nitrogens with two attached hydrogens (primary N) is 2. The predicted molar refractivity (Wildman–Crippen MR) is 100 cm³/mol. The highest BCUT2D eigenvalue weighted by Crippen LogP contribution is 2.14. The number of carbonyl (C=O) groups excluding carboxylic acids is 2. The number of ketones is 1. The monoisotopic (exact) mass is 405 g/mol. The summed E-state index contributed by atoms with van der Waals surface area (Å²) in [5.41, 5.74) is 11.0. The van der Waals surface area contributed by atoms with Crippen LogP contribution >= 0.6 is 0 Å². The molecule has 0 aliphatic rings. The van der Waals surface area contributed by atoms with Gasteiger partial charge in [0.15, 0.2) is 6.61 Å². The molecule has 0 saturated heterocycles. The third-order valence-electron chi connectivity index (χ3n) is 3.78. The van der Waals surface area contributed by atoms with Crippen LogP contribution in [0.2, 0.25) is 0 Å². The maximum atomic E-state index is 13.6. The number of halogens is 3. The molecule has 2 aromatic carbocycles. The summed E-state index contributed by atoms with van der Waals surface area (Å²) in [6.07, 6.45) is 0. The summed E-state index contributed by atoms with van der Waals surface area (Å²) in [4.78, 5) is 28.3. The second-order valence-corrected chi connectivity index (χ2v) is 5.98. The van der Waals surface area contributed by atoms with Gasteiger partial charge in [-0.2, -0.15) is 0 Å². The van der Waals surface area contributed by atoms with Crippen molar-refractivity contribution < 1.29 is 27.5 Å². The van der Waals surface area contributed by atoms with Gasteiger partial charge in [0.05, 0.1) is 12.1 Å². The van der Waals surface area contributed by atoms with Crippen molar-refractivity contribution in [3.05, 3.63) is 82.3 Å². The number of benzene rings is 2. The van der Waals surface area contributed by atoms with Crippen LogP contribution in [-0.2, 0) is 16.1 Å². The van der Waals surface area contributed by atoms with E-state index in [2.05, 4.69) is 4.99 Å². The van der Waals surface area contributed by atoms with E-state index in [1.807, 2.05) is 0 Å². The van der Waals surface area contributed by atoms with Crippen molar-refractivity contribution in [2.75, 3.05) is 6.61 Å². The molecule has 9 heteroatoms. The van der Waals surface area contributed by atoms with Crippen molar-refractivity contribution in [2.24, 2.45) is 16.5 Å². The van der Waals surface area contributed by atoms with Crippen LogP contribution in [0, 0.1) is 17.5 Å². The molecule has 0 amide bonds. The zero-order chi connectivity index (χ0) is 21.6. The van der Waals surface area contributed by atoms with Gasteiger partial charge in [-0.3, -0.25) is 9.79 Å². The Kier molecular flexibility index (Phi) is 7.13. The summed E-state index contributed by atoms with van der Waals surface area (Å²) in [6.45, 7) is 0.490. The number of Topliss-reactive ketones (excluding diaryl/α,β-unsaturated/α-hetero) is 1. The highest BCUT2D eigenvalue weighted by atomic mass is 19.1. The fourth-order valence-corrected chi connectivity index (χ4v) is 2.35. The molecule has 0 radical (unpaired) electrons. The minimum absolute atomic E-state index is 0.0279. The number of carbonyl (C=O) groups is 2. The van der Waals surface area contributed by atoms with Crippen molar-refractivity contribution in [1.82, 2.24) is 0 Å². The van der Waals surface area contributed by atoms with Crippen LogP contribution in [0.3, 0.4) is 0 Å². The minimum atomic E-state index is -1.07. The highest BCUT2D eigenvalue weighted by molar-refractivity contribution is 6.19. The summed E-state index contributed by atoms with van der Waals surface area (Å²) < 4.78 is 45.0. The van der Waals surface area contributed by atoms with Crippen LogP contribution < -0.4 is 11.5 Å². The van der Waals surface area contributed by atoms with Gasteiger partial charge >= 0.3 is 5.97 Å². The van der Waals surface area contributed by atoms with E-state index in [0.717, 1.165) is 18.2 Å². The molecule has 0 fully saturated rings. The van der Waals surface area contributed by atoms with Crippen molar-refractivity contribution in [2.45, 2.75) is 13.5 Å². The molecule has 2 rings (SSSR count).